The number of rotatable bonds is 4. The third-order valence-electron chi connectivity index (χ3n) is 14.9. The first-order valence-electron chi connectivity index (χ1n) is 22.4. The van der Waals surface area contributed by atoms with Crippen LogP contribution in [-0.4, -0.2) is 0 Å². The molecule has 0 bridgehead atoms. The van der Waals surface area contributed by atoms with Gasteiger partial charge < -0.3 is 9.32 Å². The molecule has 1 spiro atoms. The van der Waals surface area contributed by atoms with Crippen LogP contribution in [0.4, 0.5) is 17.1 Å². The van der Waals surface area contributed by atoms with Crippen LogP contribution in [0.3, 0.4) is 0 Å². The van der Waals surface area contributed by atoms with Gasteiger partial charge in [0.15, 0.2) is 0 Å². The number of hydrogen-bond acceptors (Lipinski definition) is 2. The topological polar surface area (TPSA) is 16.4 Å². The Morgan fingerprint density at radius 2 is 0.938 bits per heavy atom. The first-order valence-corrected chi connectivity index (χ1v) is 22.4. The van der Waals surface area contributed by atoms with E-state index in [-0.39, 0.29) is 5.41 Å². The van der Waals surface area contributed by atoms with Crippen LogP contribution in [0, 0.1) is 0 Å². The van der Waals surface area contributed by atoms with Crippen molar-refractivity contribution >= 4 is 49.8 Å². The van der Waals surface area contributed by atoms with Crippen LogP contribution in [0.25, 0.3) is 77.2 Å². The number of para-hydroxylation sites is 1. The van der Waals surface area contributed by atoms with Gasteiger partial charge in [0.05, 0.1) is 11.1 Å². The van der Waals surface area contributed by atoms with E-state index >= 15 is 0 Å². The first kappa shape index (κ1) is 35.6. The number of hydrogen-bond donors (Lipinski definition) is 0. The SMILES string of the molecule is CC1(C)c2ccccc2-c2ccc(N(c3ccc(-c4ccc5c(c4)oc4ccccc45)cc3)c3cccc4c3C3(c5ccccc5-c5cc6ccccc6cc53)c3ccccc3-4)cc21. The average molecular weight is 816 g/mol. The molecule has 2 heteroatoms. The molecule has 0 amide bonds. The van der Waals surface area contributed by atoms with Crippen molar-refractivity contribution in [3.05, 3.63) is 246 Å². The molecule has 2 nitrogen and oxygen atoms in total. The molecule has 1 heterocycles. The summed E-state index contributed by atoms with van der Waals surface area (Å²) in [6.07, 6.45) is 0. The molecule has 0 saturated heterocycles. The Labute approximate surface area is 372 Å². The van der Waals surface area contributed by atoms with Crippen molar-refractivity contribution in [1.82, 2.24) is 0 Å². The minimum absolute atomic E-state index is 0.159. The van der Waals surface area contributed by atoms with Crippen molar-refractivity contribution in [2.24, 2.45) is 0 Å². The van der Waals surface area contributed by atoms with Crippen molar-refractivity contribution in [3.63, 3.8) is 0 Å². The standard InChI is InChI=1S/C62H41NO/c1-61(2)52-21-9-5-16-44(52)47-33-31-43(37-55(47)61)63(42-29-26-38(27-30-42)41-28-32-49-48-19-8-12-25-58(48)64-59(49)36-41)57-24-13-20-50-45-17-6-10-22-53(45)62(60(50)57)54-23-11-7-18-46(54)51-34-39-14-3-4-15-40(39)35-56(51)62/h3-37H,1-2H3. The van der Waals surface area contributed by atoms with Gasteiger partial charge in [0.1, 0.15) is 11.2 Å². The van der Waals surface area contributed by atoms with E-state index in [1.165, 1.54) is 83.2 Å². The lowest BCUT2D eigenvalue weighted by molar-refractivity contribution is 0.660. The van der Waals surface area contributed by atoms with Crippen molar-refractivity contribution in [2.45, 2.75) is 24.7 Å². The lowest BCUT2D eigenvalue weighted by Gasteiger charge is -2.36. The summed E-state index contributed by atoms with van der Waals surface area (Å²) >= 11 is 0. The highest BCUT2D eigenvalue weighted by molar-refractivity contribution is 6.06. The summed E-state index contributed by atoms with van der Waals surface area (Å²) in [7, 11) is 0. The lowest BCUT2D eigenvalue weighted by Crippen LogP contribution is -2.28. The highest BCUT2D eigenvalue weighted by Gasteiger charge is 2.53. The zero-order valence-electron chi connectivity index (χ0n) is 35.6. The quantitative estimate of drug-likeness (QED) is 0.176. The van der Waals surface area contributed by atoms with E-state index in [0.29, 0.717) is 0 Å². The monoisotopic (exact) mass is 815 g/mol. The number of fused-ring (bicyclic) bond motifs is 17. The van der Waals surface area contributed by atoms with Crippen molar-refractivity contribution in [3.8, 4) is 44.5 Å². The molecule has 0 fully saturated rings. The summed E-state index contributed by atoms with van der Waals surface area (Å²) in [5.41, 5.74) is 22.7. The van der Waals surface area contributed by atoms with Gasteiger partial charge in [-0.25, -0.2) is 0 Å². The Morgan fingerprint density at radius 3 is 1.72 bits per heavy atom. The van der Waals surface area contributed by atoms with Gasteiger partial charge in [-0.15, -0.1) is 0 Å². The van der Waals surface area contributed by atoms with Gasteiger partial charge in [0, 0.05) is 33.1 Å². The van der Waals surface area contributed by atoms with Gasteiger partial charge in [-0.2, -0.15) is 0 Å². The molecule has 1 atom stereocenters. The third kappa shape index (κ3) is 4.64. The molecule has 1 aromatic heterocycles. The Kier molecular flexibility index (Phi) is 7.13. The molecular formula is C62H41NO. The highest BCUT2D eigenvalue weighted by Crippen LogP contribution is 2.66. The fraction of sp³-hybridized carbons (Fsp3) is 0.0645. The summed E-state index contributed by atoms with van der Waals surface area (Å²) in [6, 6.07) is 79.2. The summed E-state index contributed by atoms with van der Waals surface area (Å²) in [5, 5.41) is 4.80. The van der Waals surface area contributed by atoms with Gasteiger partial charge >= 0.3 is 0 Å². The van der Waals surface area contributed by atoms with Crippen LogP contribution in [0.15, 0.2) is 217 Å². The van der Waals surface area contributed by atoms with Crippen LogP contribution >= 0.6 is 0 Å². The second-order valence-electron chi connectivity index (χ2n) is 18.4. The molecule has 1 unspecified atom stereocenters. The molecule has 10 aromatic carbocycles. The summed E-state index contributed by atoms with van der Waals surface area (Å²) < 4.78 is 6.35. The fourth-order valence-corrected chi connectivity index (χ4v) is 12.0. The Bertz CT molecular complexity index is 3770. The van der Waals surface area contributed by atoms with E-state index < -0.39 is 5.41 Å². The van der Waals surface area contributed by atoms with Gasteiger partial charge in [-0.1, -0.05) is 166 Å². The zero-order chi connectivity index (χ0) is 42.3. The number of benzene rings is 10. The Morgan fingerprint density at radius 1 is 0.359 bits per heavy atom. The summed E-state index contributed by atoms with van der Waals surface area (Å²) in [4.78, 5) is 2.54. The third-order valence-corrected chi connectivity index (χ3v) is 14.9. The predicted octanol–water partition coefficient (Wildman–Crippen LogP) is 16.5. The van der Waals surface area contributed by atoms with E-state index in [4.69, 9.17) is 4.42 Å². The highest BCUT2D eigenvalue weighted by atomic mass is 16.3. The van der Waals surface area contributed by atoms with Crippen LogP contribution in [0.5, 0.6) is 0 Å². The van der Waals surface area contributed by atoms with Crippen LogP contribution in [-0.2, 0) is 10.8 Å². The number of anilines is 3. The molecule has 64 heavy (non-hydrogen) atoms. The normalized spacial score (nSPS) is 15.8. The van der Waals surface area contributed by atoms with E-state index in [2.05, 4.69) is 219 Å². The second-order valence-corrected chi connectivity index (χ2v) is 18.4. The maximum Gasteiger partial charge on any atom is 0.136 e. The Hall–Kier alpha value is -7.94. The fourth-order valence-electron chi connectivity index (χ4n) is 12.0. The maximum atomic E-state index is 6.35. The summed E-state index contributed by atoms with van der Waals surface area (Å²) in [6.45, 7) is 4.75. The predicted molar refractivity (Wildman–Crippen MR) is 265 cm³/mol. The molecule has 11 aromatic rings. The molecule has 3 aliphatic rings. The van der Waals surface area contributed by atoms with E-state index in [9.17, 15) is 0 Å². The molecule has 3 aliphatic carbocycles. The van der Waals surface area contributed by atoms with E-state index in [0.717, 1.165) is 44.4 Å². The van der Waals surface area contributed by atoms with Crippen molar-refractivity contribution in [2.75, 3.05) is 4.90 Å². The first-order chi connectivity index (χ1) is 31.5. The molecule has 14 rings (SSSR count). The minimum Gasteiger partial charge on any atom is -0.456 e. The molecule has 0 saturated carbocycles. The largest absolute Gasteiger partial charge is 0.456 e. The van der Waals surface area contributed by atoms with Crippen LogP contribution in [0.1, 0.15) is 47.2 Å². The van der Waals surface area contributed by atoms with Gasteiger partial charge in [0.2, 0.25) is 0 Å². The molecule has 300 valence electrons. The zero-order valence-corrected chi connectivity index (χ0v) is 35.6. The van der Waals surface area contributed by atoms with Gasteiger partial charge in [-0.3, -0.25) is 0 Å². The van der Waals surface area contributed by atoms with E-state index in [1.54, 1.807) is 0 Å². The Balaban J connectivity index is 1.02. The molecule has 0 aliphatic heterocycles. The average Bonchev–Trinajstić information content (AvgIpc) is 4.03. The molecular weight excluding hydrogens is 775 g/mol. The van der Waals surface area contributed by atoms with Crippen LogP contribution < -0.4 is 4.90 Å². The lowest BCUT2D eigenvalue weighted by atomic mass is 9.69. The second kappa shape index (κ2) is 12.8. The minimum atomic E-state index is -0.551. The van der Waals surface area contributed by atoms with Crippen molar-refractivity contribution < 1.29 is 4.42 Å². The molecule has 0 N–H and O–H groups in total. The van der Waals surface area contributed by atoms with Gasteiger partial charge in [0.25, 0.3) is 0 Å². The number of nitrogens with zero attached hydrogens (tertiary/aromatic N) is 1. The number of furan rings is 1. The van der Waals surface area contributed by atoms with E-state index in [1.807, 2.05) is 12.1 Å². The smallest absolute Gasteiger partial charge is 0.136 e. The summed E-state index contributed by atoms with van der Waals surface area (Å²) in [5.74, 6) is 0. The van der Waals surface area contributed by atoms with Crippen molar-refractivity contribution in [1.29, 1.82) is 0 Å². The van der Waals surface area contributed by atoms with Gasteiger partial charge in [-0.05, 0) is 144 Å². The van der Waals surface area contributed by atoms with Crippen LogP contribution in [0.2, 0.25) is 0 Å². The molecule has 0 radical (unpaired) electrons. The maximum absolute atomic E-state index is 6.35.